The largest absolute Gasteiger partial charge is 0.493 e. The first-order valence-electron chi connectivity index (χ1n) is 9.66. The highest BCUT2D eigenvalue weighted by Gasteiger charge is 2.18. The molecule has 4 aromatic rings. The van der Waals surface area contributed by atoms with Gasteiger partial charge < -0.3 is 14.8 Å². The summed E-state index contributed by atoms with van der Waals surface area (Å²) in [4.78, 5) is 9.13. The Kier molecular flexibility index (Phi) is 6.08. The van der Waals surface area contributed by atoms with Gasteiger partial charge in [0.15, 0.2) is 11.5 Å². The second-order valence-electron chi connectivity index (χ2n) is 6.68. The Morgan fingerprint density at radius 1 is 0.968 bits per heavy atom. The number of thioether (sulfide) groups is 1. The molecule has 0 unspecified atom stereocenters. The van der Waals surface area contributed by atoms with E-state index in [9.17, 15) is 0 Å². The molecule has 2 heterocycles. The molecule has 0 saturated heterocycles. The van der Waals surface area contributed by atoms with E-state index in [1.807, 2.05) is 65.5 Å². The van der Waals surface area contributed by atoms with Gasteiger partial charge in [0, 0.05) is 18.0 Å². The molecule has 0 aliphatic rings. The van der Waals surface area contributed by atoms with E-state index >= 15 is 0 Å². The highest BCUT2D eigenvalue weighted by atomic mass is 32.2. The van der Waals surface area contributed by atoms with E-state index in [2.05, 4.69) is 17.2 Å². The first-order chi connectivity index (χ1) is 15.1. The molecule has 1 N–H and O–H groups in total. The number of methoxy groups -OCH3 is 2. The summed E-state index contributed by atoms with van der Waals surface area (Å²) in [5, 5.41) is 8.96. The minimum Gasteiger partial charge on any atom is -0.493 e. The fraction of sp³-hybridized carbons (Fsp3) is 0.174. The van der Waals surface area contributed by atoms with Gasteiger partial charge in [-0.25, -0.2) is 14.6 Å². The molecule has 2 aromatic heterocycles. The number of hydrogen-bond donors (Lipinski definition) is 1. The van der Waals surface area contributed by atoms with Gasteiger partial charge in [-0.15, -0.1) is 11.8 Å². The van der Waals surface area contributed by atoms with Crippen molar-refractivity contribution in [3.63, 3.8) is 0 Å². The molecule has 8 heteroatoms. The summed E-state index contributed by atoms with van der Waals surface area (Å²) < 4.78 is 12.6. The Balaban J connectivity index is 1.70. The third-order valence-electron chi connectivity index (χ3n) is 4.83. The quantitative estimate of drug-likeness (QED) is 0.406. The normalized spacial score (nSPS) is 10.7. The van der Waals surface area contributed by atoms with Gasteiger partial charge in [0.05, 0.1) is 36.9 Å². The van der Waals surface area contributed by atoms with Crippen LogP contribution in [0.1, 0.15) is 5.69 Å². The number of nitrogens with one attached hydrogen (secondary N) is 1. The summed E-state index contributed by atoms with van der Waals surface area (Å²) >= 11 is 1.60. The van der Waals surface area contributed by atoms with E-state index in [4.69, 9.17) is 19.6 Å². The third kappa shape index (κ3) is 4.20. The number of aromatic nitrogens is 4. The number of nitrogens with zero attached hydrogens (tertiary/aromatic N) is 4. The summed E-state index contributed by atoms with van der Waals surface area (Å²) in [5.41, 5.74) is 4.64. The maximum Gasteiger partial charge on any atom is 0.227 e. The molecule has 0 atom stereocenters. The van der Waals surface area contributed by atoms with Crippen molar-refractivity contribution < 1.29 is 9.47 Å². The average Bonchev–Trinajstić information content (AvgIpc) is 3.16. The van der Waals surface area contributed by atoms with Gasteiger partial charge in [0.2, 0.25) is 5.95 Å². The van der Waals surface area contributed by atoms with Gasteiger partial charge >= 0.3 is 0 Å². The molecule has 0 spiro atoms. The standard InChI is InChI=1S/C23H23N5O2S/c1-15-21(22(31-4)27-28(15)17-8-6-5-7-9-17)18-12-13-24-23(26-18)25-16-10-11-19(29-2)20(14-16)30-3/h5-14H,1-4H3,(H,24,25,26). The maximum absolute atomic E-state index is 5.38. The zero-order valence-corrected chi connectivity index (χ0v) is 18.6. The molecule has 0 aliphatic heterocycles. The van der Waals surface area contributed by atoms with E-state index in [0.29, 0.717) is 17.4 Å². The van der Waals surface area contributed by atoms with Crippen molar-refractivity contribution in [1.29, 1.82) is 0 Å². The van der Waals surface area contributed by atoms with Crippen LogP contribution in [0.25, 0.3) is 16.9 Å². The molecule has 4 rings (SSSR count). The smallest absolute Gasteiger partial charge is 0.227 e. The van der Waals surface area contributed by atoms with Crippen LogP contribution < -0.4 is 14.8 Å². The molecule has 0 radical (unpaired) electrons. The Morgan fingerprint density at radius 3 is 2.45 bits per heavy atom. The van der Waals surface area contributed by atoms with Crippen LogP contribution in [0.2, 0.25) is 0 Å². The van der Waals surface area contributed by atoms with Crippen molar-refractivity contribution in [3.8, 4) is 28.4 Å². The van der Waals surface area contributed by atoms with Gasteiger partial charge in [-0.1, -0.05) is 18.2 Å². The number of para-hydroxylation sites is 1. The van der Waals surface area contributed by atoms with Crippen LogP contribution in [-0.4, -0.2) is 40.2 Å². The zero-order chi connectivity index (χ0) is 21.8. The number of rotatable bonds is 7. The second kappa shape index (κ2) is 9.09. The van der Waals surface area contributed by atoms with Gasteiger partial charge in [0.25, 0.3) is 0 Å². The van der Waals surface area contributed by atoms with E-state index in [-0.39, 0.29) is 0 Å². The summed E-state index contributed by atoms with van der Waals surface area (Å²) in [5.74, 6) is 1.79. The second-order valence-corrected chi connectivity index (χ2v) is 7.47. The van der Waals surface area contributed by atoms with Crippen LogP contribution in [0.4, 0.5) is 11.6 Å². The maximum atomic E-state index is 5.38. The molecular formula is C23H23N5O2S. The number of hydrogen-bond acceptors (Lipinski definition) is 7. The fourth-order valence-corrected chi connectivity index (χ4v) is 3.96. The van der Waals surface area contributed by atoms with Crippen molar-refractivity contribution in [2.45, 2.75) is 11.9 Å². The molecule has 0 saturated carbocycles. The van der Waals surface area contributed by atoms with Crippen molar-refractivity contribution in [2.24, 2.45) is 0 Å². The average molecular weight is 434 g/mol. The van der Waals surface area contributed by atoms with Crippen molar-refractivity contribution in [1.82, 2.24) is 19.7 Å². The molecular weight excluding hydrogens is 410 g/mol. The molecule has 0 aliphatic carbocycles. The number of benzene rings is 2. The van der Waals surface area contributed by atoms with E-state index in [0.717, 1.165) is 33.4 Å². The zero-order valence-electron chi connectivity index (χ0n) is 17.8. The highest BCUT2D eigenvalue weighted by Crippen LogP contribution is 2.34. The first-order valence-corrected chi connectivity index (χ1v) is 10.9. The molecule has 7 nitrogen and oxygen atoms in total. The first kappa shape index (κ1) is 20.7. The number of anilines is 2. The Hall–Kier alpha value is -3.52. The minimum absolute atomic E-state index is 0.489. The van der Waals surface area contributed by atoms with Crippen LogP contribution >= 0.6 is 11.8 Å². The van der Waals surface area contributed by atoms with Crippen LogP contribution in [0, 0.1) is 6.92 Å². The predicted octanol–water partition coefficient (Wildman–Crippen LogP) is 5.12. The van der Waals surface area contributed by atoms with Gasteiger partial charge in [-0.05, 0) is 43.5 Å². The van der Waals surface area contributed by atoms with Crippen molar-refractivity contribution in [2.75, 3.05) is 25.8 Å². The van der Waals surface area contributed by atoms with Crippen LogP contribution in [0.15, 0.2) is 65.8 Å². The summed E-state index contributed by atoms with van der Waals surface area (Å²) in [7, 11) is 3.22. The molecule has 2 aromatic carbocycles. The van der Waals surface area contributed by atoms with Gasteiger partial charge in [0.1, 0.15) is 5.03 Å². The third-order valence-corrected chi connectivity index (χ3v) is 5.50. The summed E-state index contributed by atoms with van der Waals surface area (Å²) in [6.07, 6.45) is 3.76. The highest BCUT2D eigenvalue weighted by molar-refractivity contribution is 7.98. The van der Waals surface area contributed by atoms with Crippen LogP contribution in [0.3, 0.4) is 0 Å². The van der Waals surface area contributed by atoms with E-state index in [1.54, 1.807) is 32.2 Å². The Morgan fingerprint density at radius 2 is 1.74 bits per heavy atom. The molecule has 0 bridgehead atoms. The topological polar surface area (TPSA) is 74.1 Å². The molecule has 0 fully saturated rings. The van der Waals surface area contributed by atoms with Gasteiger partial charge in [-0.3, -0.25) is 0 Å². The van der Waals surface area contributed by atoms with Crippen molar-refractivity contribution in [3.05, 3.63) is 66.5 Å². The van der Waals surface area contributed by atoms with Gasteiger partial charge in [-0.2, -0.15) is 5.10 Å². The summed E-state index contributed by atoms with van der Waals surface area (Å²) in [6.45, 7) is 2.05. The lowest BCUT2D eigenvalue weighted by Gasteiger charge is -2.11. The lowest BCUT2D eigenvalue weighted by Crippen LogP contribution is -2.00. The lowest BCUT2D eigenvalue weighted by molar-refractivity contribution is 0.355. The Labute approximate surface area is 185 Å². The van der Waals surface area contributed by atoms with E-state index < -0.39 is 0 Å². The van der Waals surface area contributed by atoms with Crippen LogP contribution in [0.5, 0.6) is 11.5 Å². The molecule has 0 amide bonds. The monoisotopic (exact) mass is 433 g/mol. The minimum atomic E-state index is 0.489. The van der Waals surface area contributed by atoms with Crippen molar-refractivity contribution >= 4 is 23.4 Å². The Bertz CT molecular complexity index is 1190. The SMILES string of the molecule is COc1ccc(Nc2nccc(-c3c(SC)nn(-c4ccccc4)c3C)n2)cc1OC. The summed E-state index contributed by atoms with van der Waals surface area (Å²) in [6, 6.07) is 17.6. The predicted molar refractivity (Wildman–Crippen MR) is 124 cm³/mol. The van der Waals surface area contributed by atoms with E-state index in [1.165, 1.54) is 0 Å². The molecule has 31 heavy (non-hydrogen) atoms. The lowest BCUT2D eigenvalue weighted by atomic mass is 10.2. The molecule has 158 valence electrons. The number of ether oxygens (including phenoxy) is 2. The fourth-order valence-electron chi connectivity index (χ4n) is 3.34. The van der Waals surface area contributed by atoms with Crippen LogP contribution in [-0.2, 0) is 0 Å².